The number of nitrogens with zero attached hydrogens (tertiary/aromatic N) is 3. The number of carbonyl (C=O) groups excluding carboxylic acids is 2. The van der Waals surface area contributed by atoms with Crippen LogP contribution in [0.2, 0.25) is 0 Å². The molecule has 1 aromatic carbocycles. The molecule has 3 aliphatic heterocycles. The first-order chi connectivity index (χ1) is 18.7. The van der Waals surface area contributed by atoms with E-state index in [0.29, 0.717) is 35.5 Å². The lowest BCUT2D eigenvalue weighted by Crippen LogP contribution is -2.46. The van der Waals surface area contributed by atoms with Crippen LogP contribution in [0.3, 0.4) is 0 Å². The van der Waals surface area contributed by atoms with E-state index in [0.717, 1.165) is 41.5 Å². The Morgan fingerprint density at radius 3 is 2.62 bits per heavy atom. The number of anilines is 1. The molecule has 2 aromatic heterocycles. The van der Waals surface area contributed by atoms with Gasteiger partial charge in [-0.2, -0.15) is 13.2 Å². The van der Waals surface area contributed by atoms with Gasteiger partial charge in [0.2, 0.25) is 11.8 Å². The predicted molar refractivity (Wildman–Crippen MR) is 141 cm³/mol. The molecule has 3 fully saturated rings. The number of rotatable bonds is 4. The minimum Gasteiger partial charge on any atom is -0.490 e. The van der Waals surface area contributed by atoms with E-state index in [1.807, 2.05) is 6.07 Å². The number of nitrogens with one attached hydrogen (secondary N) is 1. The fourth-order valence-corrected chi connectivity index (χ4v) is 7.61. The molecular formula is C28H27F3N4O3S. The second-order valence-electron chi connectivity index (χ2n) is 10.9. The van der Waals surface area contributed by atoms with Crippen LogP contribution in [0.4, 0.5) is 18.9 Å². The highest BCUT2D eigenvalue weighted by molar-refractivity contribution is 7.19. The average molecular weight is 557 g/mol. The van der Waals surface area contributed by atoms with Crippen LogP contribution in [0.15, 0.2) is 30.5 Å². The Balaban J connectivity index is 1.35. The third kappa shape index (κ3) is 4.17. The lowest BCUT2D eigenvalue weighted by molar-refractivity contribution is -0.139. The monoisotopic (exact) mass is 556 g/mol. The Kier molecular flexibility index (Phi) is 5.68. The number of pyridine rings is 1. The number of hydrogen-bond acceptors (Lipinski definition) is 7. The maximum atomic E-state index is 14.1. The summed E-state index contributed by atoms with van der Waals surface area (Å²) in [5.41, 5.74) is 1.79. The number of halogens is 3. The molecule has 1 saturated carbocycles. The molecule has 1 aliphatic carbocycles. The van der Waals surface area contributed by atoms with Crippen LogP contribution in [0.1, 0.15) is 49.0 Å². The fourth-order valence-electron chi connectivity index (χ4n) is 6.48. The Bertz CT molecular complexity index is 1480. The Hall–Kier alpha value is -3.18. The zero-order chi connectivity index (χ0) is 26.9. The summed E-state index contributed by atoms with van der Waals surface area (Å²) in [4.78, 5) is 33.1. The lowest BCUT2D eigenvalue weighted by Gasteiger charge is -2.41. The Morgan fingerprint density at radius 1 is 1.13 bits per heavy atom. The van der Waals surface area contributed by atoms with E-state index < -0.39 is 11.7 Å². The molecule has 0 radical (unpaired) electrons. The fraction of sp³-hybridized carbons (Fsp3) is 0.464. The summed E-state index contributed by atoms with van der Waals surface area (Å²) in [5.74, 6) is -0.171. The van der Waals surface area contributed by atoms with Crippen LogP contribution in [-0.2, 0) is 22.3 Å². The summed E-state index contributed by atoms with van der Waals surface area (Å²) in [6, 6.07) is 6.07. The minimum absolute atomic E-state index is 0.143. The molecule has 0 bridgehead atoms. The number of benzene rings is 1. The molecular weight excluding hydrogens is 529 g/mol. The molecule has 11 heteroatoms. The summed E-state index contributed by atoms with van der Waals surface area (Å²) < 4.78 is 48.8. The lowest BCUT2D eigenvalue weighted by atomic mass is 9.75. The van der Waals surface area contributed by atoms with E-state index in [4.69, 9.17) is 4.74 Å². The van der Waals surface area contributed by atoms with Gasteiger partial charge in [0.15, 0.2) is 0 Å². The molecule has 204 valence electrons. The molecule has 7 rings (SSSR count). The highest BCUT2D eigenvalue weighted by Gasteiger charge is 2.46. The topological polar surface area (TPSA) is 74.8 Å². The van der Waals surface area contributed by atoms with Crippen molar-refractivity contribution in [3.05, 3.63) is 40.9 Å². The Labute approximate surface area is 226 Å². The van der Waals surface area contributed by atoms with Gasteiger partial charge in [-0.1, -0.05) is 0 Å². The van der Waals surface area contributed by atoms with E-state index in [1.165, 1.54) is 28.7 Å². The highest BCUT2D eigenvalue weighted by Crippen LogP contribution is 2.50. The van der Waals surface area contributed by atoms with Crippen molar-refractivity contribution in [2.75, 3.05) is 24.6 Å². The highest BCUT2D eigenvalue weighted by atomic mass is 32.1. The third-order valence-corrected chi connectivity index (χ3v) is 9.73. The van der Waals surface area contributed by atoms with Crippen molar-refractivity contribution in [1.29, 1.82) is 0 Å². The number of fused-ring (bicyclic) bond motifs is 2. The van der Waals surface area contributed by atoms with Crippen LogP contribution in [0.25, 0.3) is 21.3 Å². The van der Waals surface area contributed by atoms with Crippen molar-refractivity contribution < 1.29 is 27.5 Å². The first-order valence-corrected chi connectivity index (χ1v) is 14.1. The van der Waals surface area contributed by atoms with Crippen LogP contribution in [0, 0.1) is 0 Å². The van der Waals surface area contributed by atoms with Crippen molar-refractivity contribution in [1.82, 2.24) is 15.2 Å². The molecule has 1 spiro atoms. The first kappa shape index (κ1) is 24.8. The smallest absolute Gasteiger partial charge is 0.416 e. The molecule has 7 nitrogen and oxygen atoms in total. The zero-order valence-electron chi connectivity index (χ0n) is 21.1. The summed E-state index contributed by atoms with van der Waals surface area (Å²) in [5, 5.41) is 3.69. The van der Waals surface area contributed by atoms with Gasteiger partial charge in [-0.3, -0.25) is 19.5 Å². The van der Waals surface area contributed by atoms with Crippen molar-refractivity contribution in [2.45, 2.75) is 62.8 Å². The van der Waals surface area contributed by atoms with Gasteiger partial charge >= 0.3 is 6.18 Å². The van der Waals surface area contributed by atoms with Gasteiger partial charge in [-0.15, -0.1) is 11.3 Å². The molecule has 0 unspecified atom stereocenters. The minimum atomic E-state index is -4.54. The summed E-state index contributed by atoms with van der Waals surface area (Å²) in [6.07, 6.45) is 1.89. The van der Waals surface area contributed by atoms with Crippen molar-refractivity contribution in [3.8, 4) is 16.9 Å². The predicted octanol–water partition coefficient (Wildman–Crippen LogP) is 5.11. The number of hydrogen-bond donors (Lipinski definition) is 1. The van der Waals surface area contributed by atoms with Gasteiger partial charge < -0.3 is 15.0 Å². The molecule has 1 atom stereocenters. The number of likely N-dealkylation sites (tertiary alicyclic amines) is 1. The number of alkyl halides is 3. The number of aromatic nitrogens is 1. The summed E-state index contributed by atoms with van der Waals surface area (Å²) >= 11 is 1.36. The molecule has 39 heavy (non-hydrogen) atoms. The molecule has 2 amide bonds. The van der Waals surface area contributed by atoms with E-state index in [1.54, 1.807) is 12.3 Å². The summed E-state index contributed by atoms with van der Waals surface area (Å²) in [7, 11) is 0. The van der Waals surface area contributed by atoms with Crippen molar-refractivity contribution in [2.24, 2.45) is 0 Å². The van der Waals surface area contributed by atoms with Gasteiger partial charge in [-0.25, -0.2) is 0 Å². The first-order valence-electron chi connectivity index (χ1n) is 13.3. The van der Waals surface area contributed by atoms with Crippen molar-refractivity contribution >= 4 is 39.1 Å². The van der Waals surface area contributed by atoms with Gasteiger partial charge in [0.05, 0.1) is 34.6 Å². The van der Waals surface area contributed by atoms with Gasteiger partial charge in [0.1, 0.15) is 12.4 Å². The van der Waals surface area contributed by atoms with Gasteiger partial charge in [0, 0.05) is 53.2 Å². The second kappa shape index (κ2) is 8.92. The van der Waals surface area contributed by atoms with E-state index in [-0.39, 0.29) is 48.5 Å². The van der Waals surface area contributed by atoms with E-state index >= 15 is 0 Å². The molecule has 1 N–H and O–H groups in total. The number of ether oxygens (including phenoxy) is 1. The maximum absolute atomic E-state index is 14.1. The number of thiophene rings is 1. The zero-order valence-corrected chi connectivity index (χ0v) is 22.0. The average Bonchev–Trinajstić information content (AvgIpc) is 3.60. The van der Waals surface area contributed by atoms with Crippen LogP contribution < -0.4 is 15.0 Å². The van der Waals surface area contributed by atoms with Gasteiger partial charge in [-0.05, 0) is 49.9 Å². The number of amides is 2. The standard InChI is InChI=1S/C28H27F3N4O3S/c29-28(30,31)16-10-20(25-22(11-16)38-9-8-34(25)17-13-27(33-14-17)5-1-6-27)19-4-7-32-21-12-18(39-26(19)21)15-35-23(36)2-3-24(35)37/h4,7,10-12,17,33H,1-3,5-6,8-9,13-15H2/t17-/m1/s1. The second-order valence-corrected chi connectivity index (χ2v) is 12.1. The number of carbonyl (C=O) groups is 2. The normalized spacial score (nSPS) is 22.5. The van der Waals surface area contributed by atoms with E-state index in [2.05, 4.69) is 15.2 Å². The quantitative estimate of drug-likeness (QED) is 0.450. The molecule has 3 aromatic rings. The Morgan fingerprint density at radius 2 is 1.92 bits per heavy atom. The third-order valence-electron chi connectivity index (χ3n) is 8.59. The van der Waals surface area contributed by atoms with Crippen LogP contribution in [-0.4, -0.2) is 53.0 Å². The largest absolute Gasteiger partial charge is 0.490 e. The maximum Gasteiger partial charge on any atom is 0.416 e. The molecule has 2 saturated heterocycles. The molecule has 5 heterocycles. The SMILES string of the molecule is O=C1CCC(=O)N1Cc1cc2nccc(-c3cc(C(F)(F)F)cc4c3N([C@H]3CNC5(CCC5)C3)CCO4)c2s1. The van der Waals surface area contributed by atoms with E-state index in [9.17, 15) is 22.8 Å². The van der Waals surface area contributed by atoms with Gasteiger partial charge in [0.25, 0.3) is 0 Å². The van der Waals surface area contributed by atoms with Crippen molar-refractivity contribution in [3.63, 3.8) is 0 Å². The number of imide groups is 1. The van der Waals surface area contributed by atoms with Crippen LogP contribution >= 0.6 is 11.3 Å². The van der Waals surface area contributed by atoms with Crippen LogP contribution in [0.5, 0.6) is 5.75 Å². The molecule has 4 aliphatic rings. The summed E-state index contributed by atoms with van der Waals surface area (Å²) in [6.45, 7) is 1.84.